The largest absolute Gasteiger partial charge is 0.348 e. The predicted octanol–water partition coefficient (Wildman–Crippen LogP) is 4.87. The number of aryl methyl sites for hydroxylation is 1. The van der Waals surface area contributed by atoms with Crippen molar-refractivity contribution in [3.05, 3.63) is 102 Å². The fraction of sp³-hybridized carbons (Fsp3) is 0.130. The van der Waals surface area contributed by atoms with Crippen LogP contribution in [0.2, 0.25) is 0 Å². The number of nitrogens with one attached hydrogen (secondary N) is 1. The highest BCUT2D eigenvalue weighted by Gasteiger charge is 2.07. The summed E-state index contributed by atoms with van der Waals surface area (Å²) in [4.78, 5) is 18.1. The Morgan fingerprint density at radius 2 is 1.82 bits per heavy atom. The zero-order chi connectivity index (χ0) is 19.3. The minimum atomic E-state index is -0.0554. The van der Waals surface area contributed by atoms with Crippen molar-refractivity contribution in [1.82, 2.24) is 14.7 Å². The van der Waals surface area contributed by atoms with Gasteiger partial charge in [0.1, 0.15) is 5.65 Å². The van der Waals surface area contributed by atoms with Crippen molar-refractivity contribution in [2.75, 3.05) is 0 Å². The van der Waals surface area contributed by atoms with Crippen LogP contribution in [0.5, 0.6) is 0 Å². The van der Waals surface area contributed by atoms with E-state index in [1.54, 1.807) is 11.8 Å². The van der Waals surface area contributed by atoms with E-state index in [0.717, 1.165) is 27.6 Å². The number of hydrogen-bond acceptors (Lipinski definition) is 3. The molecule has 28 heavy (non-hydrogen) atoms. The Kier molecular flexibility index (Phi) is 5.44. The number of amides is 1. The number of nitrogens with zero attached hydrogens (tertiary/aromatic N) is 2. The molecule has 0 spiro atoms. The van der Waals surface area contributed by atoms with E-state index in [4.69, 9.17) is 0 Å². The van der Waals surface area contributed by atoms with Crippen LogP contribution in [0.3, 0.4) is 0 Å². The van der Waals surface area contributed by atoms with Crippen molar-refractivity contribution in [2.24, 2.45) is 0 Å². The Morgan fingerprint density at radius 3 is 2.61 bits per heavy atom. The van der Waals surface area contributed by atoms with Crippen molar-refractivity contribution >= 4 is 23.3 Å². The molecular weight excluding hydrogens is 366 g/mol. The lowest BCUT2D eigenvalue weighted by molar-refractivity contribution is 0.0951. The van der Waals surface area contributed by atoms with Crippen LogP contribution in [-0.4, -0.2) is 15.3 Å². The predicted molar refractivity (Wildman–Crippen MR) is 114 cm³/mol. The average Bonchev–Trinajstić information content (AvgIpc) is 3.15. The topological polar surface area (TPSA) is 46.4 Å². The molecule has 0 unspecified atom stereocenters. The van der Waals surface area contributed by atoms with Gasteiger partial charge in [-0.15, -0.1) is 11.8 Å². The van der Waals surface area contributed by atoms with Gasteiger partial charge in [-0.1, -0.05) is 30.3 Å². The van der Waals surface area contributed by atoms with Gasteiger partial charge < -0.3 is 9.72 Å². The second-order valence-electron chi connectivity index (χ2n) is 6.62. The molecule has 4 nitrogen and oxygen atoms in total. The van der Waals surface area contributed by atoms with Gasteiger partial charge in [0, 0.05) is 35.2 Å². The number of rotatable bonds is 6. The maximum absolute atomic E-state index is 12.4. The fourth-order valence-corrected chi connectivity index (χ4v) is 3.78. The zero-order valence-corrected chi connectivity index (χ0v) is 16.4. The molecule has 1 N–H and O–H groups in total. The summed E-state index contributed by atoms with van der Waals surface area (Å²) in [5, 5.41) is 2.99. The maximum atomic E-state index is 12.4. The van der Waals surface area contributed by atoms with Crippen molar-refractivity contribution in [1.29, 1.82) is 0 Å². The maximum Gasteiger partial charge on any atom is 0.251 e. The van der Waals surface area contributed by atoms with Gasteiger partial charge in [-0.05, 0) is 54.4 Å². The van der Waals surface area contributed by atoms with E-state index >= 15 is 0 Å². The standard InChI is InChI=1S/C23H21N3OS/c1-17-6-2-3-7-19(17)14-24-23(27)18-9-11-21(12-10-18)28-16-20-15-26-13-5-4-8-22(26)25-20/h2-13,15H,14,16H2,1H3,(H,24,27). The summed E-state index contributed by atoms with van der Waals surface area (Å²) in [7, 11) is 0. The van der Waals surface area contributed by atoms with Crippen LogP contribution in [0, 0.1) is 6.92 Å². The molecule has 0 atom stereocenters. The molecule has 0 radical (unpaired) electrons. The Morgan fingerprint density at radius 1 is 1.04 bits per heavy atom. The molecule has 0 bridgehead atoms. The molecule has 0 fully saturated rings. The van der Waals surface area contributed by atoms with Crippen LogP contribution in [-0.2, 0) is 12.3 Å². The second-order valence-corrected chi connectivity index (χ2v) is 7.67. The molecule has 5 heteroatoms. The highest BCUT2D eigenvalue weighted by atomic mass is 32.2. The summed E-state index contributed by atoms with van der Waals surface area (Å²) < 4.78 is 2.03. The van der Waals surface area contributed by atoms with Crippen LogP contribution in [0.25, 0.3) is 5.65 Å². The summed E-state index contributed by atoms with van der Waals surface area (Å²) in [6.07, 6.45) is 4.05. The molecule has 0 saturated carbocycles. The Balaban J connectivity index is 1.34. The summed E-state index contributed by atoms with van der Waals surface area (Å²) in [6.45, 7) is 2.59. The highest BCUT2D eigenvalue weighted by molar-refractivity contribution is 7.98. The number of aromatic nitrogens is 2. The lowest BCUT2D eigenvalue weighted by Crippen LogP contribution is -2.23. The van der Waals surface area contributed by atoms with Crippen molar-refractivity contribution in [3.8, 4) is 0 Å². The number of thioether (sulfide) groups is 1. The number of fused-ring (bicyclic) bond motifs is 1. The van der Waals surface area contributed by atoms with Crippen LogP contribution in [0.1, 0.15) is 27.2 Å². The Bertz CT molecular complexity index is 1070. The van der Waals surface area contributed by atoms with Gasteiger partial charge in [-0.3, -0.25) is 4.79 Å². The molecule has 2 aromatic heterocycles. The number of carbonyl (C=O) groups excluding carboxylic acids is 1. The first-order valence-corrected chi connectivity index (χ1v) is 10.2. The van der Waals surface area contributed by atoms with Crippen LogP contribution < -0.4 is 5.32 Å². The second kappa shape index (κ2) is 8.31. The molecule has 1 amide bonds. The Labute approximate surface area is 168 Å². The van der Waals surface area contributed by atoms with Crippen LogP contribution in [0.4, 0.5) is 0 Å². The smallest absolute Gasteiger partial charge is 0.251 e. The minimum absolute atomic E-state index is 0.0554. The molecule has 0 aliphatic carbocycles. The Hall–Kier alpha value is -3.05. The van der Waals surface area contributed by atoms with Gasteiger partial charge in [-0.25, -0.2) is 4.98 Å². The van der Waals surface area contributed by atoms with Crippen molar-refractivity contribution in [3.63, 3.8) is 0 Å². The SMILES string of the molecule is Cc1ccccc1CNC(=O)c1ccc(SCc2cn3ccccc3n2)cc1. The van der Waals surface area contributed by atoms with E-state index in [-0.39, 0.29) is 5.91 Å². The summed E-state index contributed by atoms with van der Waals surface area (Å²) in [6, 6.07) is 21.8. The number of imidazole rings is 1. The van der Waals surface area contributed by atoms with E-state index in [2.05, 4.69) is 29.5 Å². The first-order chi connectivity index (χ1) is 13.7. The molecule has 0 aliphatic rings. The first kappa shape index (κ1) is 18.3. The van der Waals surface area contributed by atoms with E-state index in [0.29, 0.717) is 12.1 Å². The van der Waals surface area contributed by atoms with Crippen molar-refractivity contribution < 1.29 is 4.79 Å². The van der Waals surface area contributed by atoms with Crippen molar-refractivity contribution in [2.45, 2.75) is 24.1 Å². The van der Waals surface area contributed by atoms with Gasteiger partial charge in [0.05, 0.1) is 5.69 Å². The number of carbonyl (C=O) groups is 1. The van der Waals surface area contributed by atoms with Crippen LogP contribution in [0.15, 0.2) is 84.0 Å². The highest BCUT2D eigenvalue weighted by Crippen LogP contribution is 2.23. The van der Waals surface area contributed by atoms with E-state index in [1.165, 1.54) is 5.56 Å². The van der Waals surface area contributed by atoms with Gasteiger partial charge >= 0.3 is 0 Å². The minimum Gasteiger partial charge on any atom is -0.348 e. The summed E-state index contributed by atoms with van der Waals surface area (Å²) >= 11 is 1.71. The lowest BCUT2D eigenvalue weighted by atomic mass is 10.1. The lowest BCUT2D eigenvalue weighted by Gasteiger charge is -2.08. The molecule has 2 aromatic carbocycles. The summed E-state index contributed by atoms with van der Waals surface area (Å²) in [5.41, 5.74) is 4.98. The first-order valence-electron chi connectivity index (χ1n) is 9.17. The average molecular weight is 388 g/mol. The van der Waals surface area contributed by atoms with E-state index < -0.39 is 0 Å². The third kappa shape index (κ3) is 4.26. The van der Waals surface area contributed by atoms with Crippen LogP contribution >= 0.6 is 11.8 Å². The molecular formula is C23H21N3OS. The molecule has 4 aromatic rings. The normalized spacial score (nSPS) is 10.9. The van der Waals surface area contributed by atoms with Gasteiger partial charge in [0.25, 0.3) is 5.91 Å². The third-order valence-corrected chi connectivity index (χ3v) is 5.66. The molecule has 0 aliphatic heterocycles. The molecule has 0 saturated heterocycles. The van der Waals surface area contributed by atoms with Gasteiger partial charge in [-0.2, -0.15) is 0 Å². The van der Waals surface area contributed by atoms with E-state index in [1.807, 2.05) is 71.3 Å². The monoisotopic (exact) mass is 387 g/mol. The molecule has 2 heterocycles. The summed E-state index contributed by atoms with van der Waals surface area (Å²) in [5.74, 6) is 0.737. The van der Waals surface area contributed by atoms with Gasteiger partial charge in [0.2, 0.25) is 0 Å². The quantitative estimate of drug-likeness (QED) is 0.480. The number of benzene rings is 2. The zero-order valence-electron chi connectivity index (χ0n) is 15.6. The number of pyridine rings is 1. The van der Waals surface area contributed by atoms with Gasteiger partial charge in [0.15, 0.2) is 0 Å². The van der Waals surface area contributed by atoms with E-state index in [9.17, 15) is 4.79 Å². The molecule has 140 valence electrons. The third-order valence-electron chi connectivity index (χ3n) is 4.62. The molecule has 4 rings (SSSR count). The number of hydrogen-bond donors (Lipinski definition) is 1. The fourth-order valence-electron chi connectivity index (χ4n) is 3.00.